The molecule has 138 valence electrons. The van der Waals surface area contributed by atoms with E-state index in [0.717, 1.165) is 38.0 Å². The molecule has 3 rings (SSSR count). The SMILES string of the molecule is CC(C)(C)c1ccc(NC(=O)N2CCC(Cc3ccccc3)CC2)cc1. The Morgan fingerprint density at radius 2 is 1.62 bits per heavy atom. The minimum atomic E-state index is 0.0201. The standard InChI is InChI=1S/C23H30N2O/c1-23(2,3)20-9-11-21(12-10-20)24-22(26)25-15-13-19(14-16-25)17-18-7-5-4-6-8-18/h4-12,19H,13-17H2,1-3H3,(H,24,26). The van der Waals surface area contributed by atoms with Gasteiger partial charge in [0.05, 0.1) is 0 Å². The number of hydrogen-bond donors (Lipinski definition) is 1. The molecule has 0 unspecified atom stereocenters. The maximum atomic E-state index is 12.5. The first-order valence-electron chi connectivity index (χ1n) is 9.62. The Labute approximate surface area is 157 Å². The van der Waals surface area contributed by atoms with E-state index in [0.29, 0.717) is 5.92 Å². The van der Waals surface area contributed by atoms with Crippen molar-refractivity contribution in [2.75, 3.05) is 18.4 Å². The highest BCUT2D eigenvalue weighted by molar-refractivity contribution is 5.89. The van der Waals surface area contributed by atoms with Crippen LogP contribution in [0.4, 0.5) is 10.5 Å². The van der Waals surface area contributed by atoms with E-state index in [2.05, 4.69) is 68.6 Å². The molecule has 0 aliphatic carbocycles. The van der Waals surface area contributed by atoms with Crippen LogP contribution in [0.3, 0.4) is 0 Å². The number of amides is 2. The zero-order chi connectivity index (χ0) is 18.6. The fourth-order valence-corrected chi connectivity index (χ4v) is 3.54. The Morgan fingerprint density at radius 1 is 1.00 bits per heavy atom. The summed E-state index contributed by atoms with van der Waals surface area (Å²) in [6.07, 6.45) is 3.26. The number of carbonyl (C=O) groups is 1. The van der Waals surface area contributed by atoms with Crippen LogP contribution < -0.4 is 5.32 Å². The quantitative estimate of drug-likeness (QED) is 0.782. The van der Waals surface area contributed by atoms with Gasteiger partial charge in [-0.2, -0.15) is 0 Å². The lowest BCUT2D eigenvalue weighted by molar-refractivity contribution is 0.182. The molecule has 2 amide bonds. The summed E-state index contributed by atoms with van der Waals surface area (Å²) in [6, 6.07) is 18.9. The zero-order valence-corrected chi connectivity index (χ0v) is 16.2. The van der Waals surface area contributed by atoms with Gasteiger partial charge in [-0.15, -0.1) is 0 Å². The zero-order valence-electron chi connectivity index (χ0n) is 16.2. The van der Waals surface area contributed by atoms with Gasteiger partial charge in [0.1, 0.15) is 0 Å². The van der Waals surface area contributed by atoms with E-state index < -0.39 is 0 Å². The second kappa shape index (κ2) is 7.94. The van der Waals surface area contributed by atoms with Crippen molar-refractivity contribution in [2.24, 2.45) is 5.92 Å². The molecule has 1 N–H and O–H groups in total. The average molecular weight is 351 g/mol. The van der Waals surface area contributed by atoms with Gasteiger partial charge < -0.3 is 10.2 Å². The summed E-state index contributed by atoms with van der Waals surface area (Å²) in [7, 11) is 0. The highest BCUT2D eigenvalue weighted by Crippen LogP contribution is 2.25. The van der Waals surface area contributed by atoms with Gasteiger partial charge in [0, 0.05) is 18.8 Å². The first-order valence-corrected chi connectivity index (χ1v) is 9.62. The molecule has 0 bridgehead atoms. The van der Waals surface area contributed by atoms with Crippen LogP contribution in [0.2, 0.25) is 0 Å². The Hall–Kier alpha value is -2.29. The molecule has 1 saturated heterocycles. The van der Waals surface area contributed by atoms with Gasteiger partial charge >= 0.3 is 6.03 Å². The van der Waals surface area contributed by atoms with Crippen molar-refractivity contribution in [3.8, 4) is 0 Å². The van der Waals surface area contributed by atoms with Gasteiger partial charge in [0.15, 0.2) is 0 Å². The molecule has 2 aromatic rings. The third-order valence-corrected chi connectivity index (χ3v) is 5.27. The van der Waals surface area contributed by atoms with E-state index in [4.69, 9.17) is 0 Å². The van der Waals surface area contributed by atoms with E-state index in [1.807, 2.05) is 17.0 Å². The van der Waals surface area contributed by atoms with Crippen LogP contribution in [0.25, 0.3) is 0 Å². The van der Waals surface area contributed by atoms with Crippen LogP contribution in [0, 0.1) is 5.92 Å². The number of anilines is 1. The molecule has 2 aromatic carbocycles. The van der Waals surface area contributed by atoms with Gasteiger partial charge in [0.25, 0.3) is 0 Å². The molecule has 0 atom stereocenters. The summed E-state index contributed by atoms with van der Waals surface area (Å²) in [5.41, 5.74) is 3.67. The summed E-state index contributed by atoms with van der Waals surface area (Å²) < 4.78 is 0. The smallest absolute Gasteiger partial charge is 0.321 e. The van der Waals surface area contributed by atoms with E-state index in [9.17, 15) is 4.79 Å². The van der Waals surface area contributed by atoms with Gasteiger partial charge in [-0.05, 0) is 53.9 Å². The molecule has 0 saturated carbocycles. The highest BCUT2D eigenvalue weighted by atomic mass is 16.2. The van der Waals surface area contributed by atoms with Gasteiger partial charge in [-0.25, -0.2) is 4.79 Å². The second-order valence-electron chi connectivity index (χ2n) is 8.38. The van der Waals surface area contributed by atoms with Crippen LogP contribution in [-0.2, 0) is 11.8 Å². The third kappa shape index (κ3) is 4.87. The van der Waals surface area contributed by atoms with Gasteiger partial charge in [0.2, 0.25) is 0 Å². The molecule has 26 heavy (non-hydrogen) atoms. The lowest BCUT2D eigenvalue weighted by Gasteiger charge is -2.32. The molecule has 0 radical (unpaired) electrons. The number of benzene rings is 2. The van der Waals surface area contributed by atoms with Crippen molar-refractivity contribution >= 4 is 11.7 Å². The molecule has 1 heterocycles. The number of urea groups is 1. The lowest BCUT2D eigenvalue weighted by atomic mass is 9.87. The van der Waals surface area contributed by atoms with E-state index in [1.54, 1.807) is 0 Å². The number of carbonyl (C=O) groups excluding carboxylic acids is 1. The summed E-state index contributed by atoms with van der Waals surface area (Å²) >= 11 is 0. The first-order chi connectivity index (χ1) is 12.4. The summed E-state index contributed by atoms with van der Waals surface area (Å²) in [6.45, 7) is 8.26. The number of likely N-dealkylation sites (tertiary alicyclic amines) is 1. The third-order valence-electron chi connectivity index (χ3n) is 5.27. The number of nitrogens with zero attached hydrogens (tertiary/aromatic N) is 1. The van der Waals surface area contributed by atoms with E-state index in [-0.39, 0.29) is 11.4 Å². The number of rotatable bonds is 3. The van der Waals surface area contributed by atoms with Crippen LogP contribution in [-0.4, -0.2) is 24.0 Å². The second-order valence-corrected chi connectivity index (χ2v) is 8.38. The molecular weight excluding hydrogens is 320 g/mol. The van der Waals surface area contributed by atoms with Crippen molar-refractivity contribution in [1.82, 2.24) is 4.90 Å². The van der Waals surface area contributed by atoms with Crippen LogP contribution in [0.5, 0.6) is 0 Å². The Kier molecular flexibility index (Phi) is 5.65. The Morgan fingerprint density at radius 3 is 2.19 bits per heavy atom. The highest BCUT2D eigenvalue weighted by Gasteiger charge is 2.23. The Bertz CT molecular complexity index is 708. The van der Waals surface area contributed by atoms with Crippen molar-refractivity contribution in [3.05, 3.63) is 65.7 Å². The largest absolute Gasteiger partial charge is 0.325 e. The summed E-state index contributed by atoms with van der Waals surface area (Å²) in [5.74, 6) is 0.674. The van der Waals surface area contributed by atoms with Gasteiger partial charge in [-0.3, -0.25) is 0 Å². The van der Waals surface area contributed by atoms with Crippen LogP contribution in [0.1, 0.15) is 44.7 Å². The number of nitrogens with one attached hydrogen (secondary N) is 1. The Balaban J connectivity index is 1.49. The monoisotopic (exact) mass is 350 g/mol. The topological polar surface area (TPSA) is 32.3 Å². The maximum Gasteiger partial charge on any atom is 0.321 e. The molecule has 3 heteroatoms. The van der Waals surface area contributed by atoms with Crippen LogP contribution >= 0.6 is 0 Å². The maximum absolute atomic E-state index is 12.5. The molecule has 1 aliphatic rings. The summed E-state index contributed by atoms with van der Waals surface area (Å²) in [5, 5.41) is 3.04. The van der Waals surface area contributed by atoms with E-state index >= 15 is 0 Å². The number of hydrogen-bond acceptors (Lipinski definition) is 1. The van der Waals surface area contributed by atoms with E-state index in [1.165, 1.54) is 11.1 Å². The van der Waals surface area contributed by atoms with Crippen molar-refractivity contribution < 1.29 is 4.79 Å². The molecular formula is C23H30N2O. The molecule has 1 aliphatic heterocycles. The minimum Gasteiger partial charge on any atom is -0.325 e. The number of piperidine rings is 1. The van der Waals surface area contributed by atoms with Crippen molar-refractivity contribution in [2.45, 2.75) is 45.4 Å². The van der Waals surface area contributed by atoms with Crippen LogP contribution in [0.15, 0.2) is 54.6 Å². The predicted molar refractivity (Wildman–Crippen MR) is 109 cm³/mol. The first kappa shape index (κ1) is 18.5. The molecule has 1 fully saturated rings. The average Bonchev–Trinajstić information content (AvgIpc) is 2.63. The summed E-state index contributed by atoms with van der Waals surface area (Å²) in [4.78, 5) is 14.5. The molecule has 0 spiro atoms. The fourth-order valence-electron chi connectivity index (χ4n) is 3.54. The molecule has 0 aromatic heterocycles. The van der Waals surface area contributed by atoms with Crippen molar-refractivity contribution in [3.63, 3.8) is 0 Å². The predicted octanol–water partition coefficient (Wildman–Crippen LogP) is 5.47. The lowest BCUT2D eigenvalue weighted by Crippen LogP contribution is -2.41. The van der Waals surface area contributed by atoms with Crippen molar-refractivity contribution in [1.29, 1.82) is 0 Å². The molecule has 3 nitrogen and oxygen atoms in total. The van der Waals surface area contributed by atoms with Gasteiger partial charge in [-0.1, -0.05) is 63.2 Å². The minimum absolute atomic E-state index is 0.0201. The fraction of sp³-hybridized carbons (Fsp3) is 0.435. The normalized spacial score (nSPS) is 15.7.